The van der Waals surface area contributed by atoms with Gasteiger partial charge in [-0.1, -0.05) is 25.3 Å². The first kappa shape index (κ1) is 29.7. The SMILES string of the molecule is C.C[C@@H](N)[C@H](NC(=O)c1ccc(C#Cc2ccc(NC(=O)CNCc3cccnc3)cc2)cc1)C(=O)NO. The van der Waals surface area contributed by atoms with Crippen LogP contribution < -0.4 is 27.2 Å². The average molecular weight is 517 g/mol. The fourth-order valence-electron chi connectivity index (χ4n) is 3.24. The van der Waals surface area contributed by atoms with Crippen LogP contribution in [0.5, 0.6) is 0 Å². The number of carbonyl (C=O) groups excluding carboxylic acids is 3. The third-order valence-electron chi connectivity index (χ3n) is 5.21. The minimum absolute atomic E-state index is 0. The van der Waals surface area contributed by atoms with Crippen LogP contribution in [0.2, 0.25) is 0 Å². The monoisotopic (exact) mass is 516 g/mol. The van der Waals surface area contributed by atoms with Gasteiger partial charge in [-0.3, -0.25) is 24.6 Å². The lowest BCUT2D eigenvalue weighted by atomic mass is 10.1. The number of carbonyl (C=O) groups is 3. The number of nitrogens with zero attached hydrogens (tertiary/aromatic N) is 1. The Balaban J connectivity index is 0.00000507. The molecular formula is C28H32N6O4. The van der Waals surface area contributed by atoms with Crippen LogP contribution in [-0.4, -0.2) is 46.5 Å². The lowest BCUT2D eigenvalue weighted by molar-refractivity contribution is -0.131. The molecule has 3 amide bonds. The molecule has 0 aliphatic rings. The molecule has 10 nitrogen and oxygen atoms in total. The summed E-state index contributed by atoms with van der Waals surface area (Å²) in [6.07, 6.45) is 3.45. The molecule has 1 aromatic heterocycles. The number of pyridine rings is 1. The highest BCUT2D eigenvalue weighted by Crippen LogP contribution is 2.10. The van der Waals surface area contributed by atoms with E-state index < -0.39 is 23.9 Å². The zero-order chi connectivity index (χ0) is 26.6. The molecule has 3 rings (SSSR count). The van der Waals surface area contributed by atoms with Gasteiger partial charge in [-0.15, -0.1) is 0 Å². The Bertz CT molecular complexity index is 1270. The quantitative estimate of drug-likeness (QED) is 0.144. The topological polar surface area (TPSA) is 158 Å². The van der Waals surface area contributed by atoms with Crippen molar-refractivity contribution in [2.24, 2.45) is 5.73 Å². The van der Waals surface area contributed by atoms with Gasteiger partial charge in [0.2, 0.25) is 5.91 Å². The van der Waals surface area contributed by atoms with E-state index >= 15 is 0 Å². The molecule has 0 saturated heterocycles. The zero-order valence-corrected chi connectivity index (χ0v) is 20.2. The van der Waals surface area contributed by atoms with Crippen molar-refractivity contribution in [3.8, 4) is 11.8 Å². The lowest BCUT2D eigenvalue weighted by Gasteiger charge is -2.20. The van der Waals surface area contributed by atoms with E-state index in [-0.39, 0.29) is 19.9 Å². The molecule has 38 heavy (non-hydrogen) atoms. The predicted molar refractivity (Wildman–Crippen MR) is 145 cm³/mol. The largest absolute Gasteiger partial charge is 0.339 e. The third kappa shape index (κ3) is 9.15. The van der Waals surface area contributed by atoms with Crippen molar-refractivity contribution in [1.29, 1.82) is 0 Å². The number of nitrogens with two attached hydrogens (primary N) is 1. The van der Waals surface area contributed by atoms with Crippen LogP contribution in [-0.2, 0) is 16.1 Å². The Hall–Kier alpha value is -4.56. The zero-order valence-electron chi connectivity index (χ0n) is 20.2. The van der Waals surface area contributed by atoms with Gasteiger partial charge in [0.15, 0.2) is 0 Å². The summed E-state index contributed by atoms with van der Waals surface area (Å²) < 4.78 is 0. The molecular weight excluding hydrogens is 484 g/mol. The van der Waals surface area contributed by atoms with Gasteiger partial charge < -0.3 is 21.7 Å². The Morgan fingerprint density at radius 3 is 2.18 bits per heavy atom. The third-order valence-corrected chi connectivity index (χ3v) is 5.21. The van der Waals surface area contributed by atoms with Crippen LogP contribution in [0.1, 0.15) is 41.4 Å². The maximum atomic E-state index is 12.4. The first-order chi connectivity index (χ1) is 17.9. The molecule has 0 saturated carbocycles. The second-order valence-electron chi connectivity index (χ2n) is 8.20. The van der Waals surface area contributed by atoms with Crippen molar-refractivity contribution in [3.05, 3.63) is 95.3 Å². The number of hydrogen-bond acceptors (Lipinski definition) is 7. The van der Waals surface area contributed by atoms with Crippen LogP contribution in [0.15, 0.2) is 73.1 Å². The number of hydroxylamine groups is 1. The van der Waals surface area contributed by atoms with E-state index in [4.69, 9.17) is 10.9 Å². The van der Waals surface area contributed by atoms with Gasteiger partial charge in [0.05, 0.1) is 6.54 Å². The molecule has 0 bridgehead atoms. The summed E-state index contributed by atoms with van der Waals surface area (Å²) in [6, 6.07) is 15.7. The Morgan fingerprint density at radius 2 is 1.63 bits per heavy atom. The van der Waals surface area contributed by atoms with Crippen LogP contribution in [0, 0.1) is 11.8 Å². The number of anilines is 1. The molecule has 7 N–H and O–H groups in total. The first-order valence-electron chi connectivity index (χ1n) is 11.5. The number of amides is 3. The van der Waals surface area contributed by atoms with E-state index in [0.29, 0.717) is 23.4 Å². The van der Waals surface area contributed by atoms with Gasteiger partial charge >= 0.3 is 0 Å². The van der Waals surface area contributed by atoms with Crippen LogP contribution in [0.3, 0.4) is 0 Å². The number of nitrogens with one attached hydrogen (secondary N) is 4. The summed E-state index contributed by atoms with van der Waals surface area (Å²) in [5.41, 5.74) is 10.6. The molecule has 0 radical (unpaired) electrons. The van der Waals surface area contributed by atoms with Gasteiger partial charge in [-0.05, 0) is 67.1 Å². The van der Waals surface area contributed by atoms with E-state index in [9.17, 15) is 14.4 Å². The highest BCUT2D eigenvalue weighted by Gasteiger charge is 2.24. The Kier molecular flexibility index (Phi) is 11.6. The minimum Gasteiger partial charge on any atom is -0.339 e. The molecule has 0 unspecified atom stereocenters. The normalized spacial score (nSPS) is 11.6. The molecule has 2 aromatic carbocycles. The predicted octanol–water partition coefficient (Wildman–Crippen LogP) is 1.80. The first-order valence-corrected chi connectivity index (χ1v) is 11.5. The molecule has 3 aromatic rings. The number of aromatic nitrogens is 1. The summed E-state index contributed by atoms with van der Waals surface area (Å²) >= 11 is 0. The van der Waals surface area contributed by atoms with Gasteiger partial charge in [-0.2, -0.15) is 0 Å². The van der Waals surface area contributed by atoms with E-state index in [1.807, 2.05) is 12.1 Å². The average Bonchev–Trinajstić information content (AvgIpc) is 2.91. The van der Waals surface area contributed by atoms with Gasteiger partial charge in [0.25, 0.3) is 11.8 Å². The standard InChI is InChI=1S/C27H28N6O4.CH4/c1-18(28)25(27(36)33-37)32-26(35)22-10-6-19(7-11-22)4-5-20-8-12-23(13-9-20)31-24(34)17-30-16-21-3-2-14-29-15-21;/h2-3,6-15,18,25,30,37H,16-17,28H2,1H3,(H,31,34)(H,32,35)(H,33,36);1H4/t18-,25+;/m1./s1. The summed E-state index contributed by atoms with van der Waals surface area (Å²) in [7, 11) is 0. The van der Waals surface area contributed by atoms with Gasteiger partial charge in [0, 0.05) is 47.4 Å². The molecule has 0 fully saturated rings. The molecule has 198 valence electrons. The fraction of sp³-hybridized carbons (Fsp3) is 0.214. The van der Waals surface area contributed by atoms with E-state index in [0.717, 1.165) is 11.1 Å². The molecule has 10 heteroatoms. The maximum Gasteiger partial charge on any atom is 0.267 e. The Morgan fingerprint density at radius 1 is 1.00 bits per heavy atom. The molecule has 0 aliphatic heterocycles. The van der Waals surface area contributed by atoms with Crippen LogP contribution in [0.25, 0.3) is 0 Å². The smallest absolute Gasteiger partial charge is 0.267 e. The fourth-order valence-corrected chi connectivity index (χ4v) is 3.24. The lowest BCUT2D eigenvalue weighted by Crippen LogP contribution is -2.54. The van der Waals surface area contributed by atoms with Crippen molar-refractivity contribution in [3.63, 3.8) is 0 Å². The number of benzene rings is 2. The number of hydrogen-bond donors (Lipinski definition) is 6. The van der Waals surface area contributed by atoms with Crippen molar-refractivity contribution in [1.82, 2.24) is 21.1 Å². The van der Waals surface area contributed by atoms with Crippen molar-refractivity contribution < 1.29 is 19.6 Å². The summed E-state index contributed by atoms with van der Waals surface area (Å²) in [5.74, 6) is 4.59. The second-order valence-corrected chi connectivity index (χ2v) is 8.20. The minimum atomic E-state index is -1.08. The van der Waals surface area contributed by atoms with Gasteiger partial charge in [-0.25, -0.2) is 5.48 Å². The van der Waals surface area contributed by atoms with E-state index in [1.54, 1.807) is 67.8 Å². The van der Waals surface area contributed by atoms with Crippen LogP contribution >= 0.6 is 0 Å². The summed E-state index contributed by atoms with van der Waals surface area (Å²) in [6.45, 7) is 2.27. The van der Waals surface area contributed by atoms with E-state index in [2.05, 4.69) is 32.8 Å². The summed E-state index contributed by atoms with van der Waals surface area (Å²) in [5, 5.41) is 17.2. The van der Waals surface area contributed by atoms with Crippen molar-refractivity contribution in [2.45, 2.75) is 33.0 Å². The highest BCUT2D eigenvalue weighted by molar-refractivity contribution is 5.97. The summed E-state index contributed by atoms with van der Waals surface area (Å²) in [4.78, 5) is 40.2. The van der Waals surface area contributed by atoms with E-state index in [1.165, 1.54) is 5.48 Å². The molecule has 0 aliphatic carbocycles. The second kappa shape index (κ2) is 14.9. The number of rotatable bonds is 9. The molecule has 2 atom stereocenters. The Labute approximate surface area is 222 Å². The maximum absolute atomic E-state index is 12.4. The molecule has 1 heterocycles. The van der Waals surface area contributed by atoms with Gasteiger partial charge in [0.1, 0.15) is 6.04 Å². The molecule has 0 spiro atoms. The highest BCUT2D eigenvalue weighted by atomic mass is 16.5. The van der Waals surface area contributed by atoms with Crippen molar-refractivity contribution in [2.75, 3.05) is 11.9 Å². The van der Waals surface area contributed by atoms with Crippen molar-refractivity contribution >= 4 is 23.4 Å². The van der Waals surface area contributed by atoms with Crippen LogP contribution in [0.4, 0.5) is 5.69 Å².